The van der Waals surface area contributed by atoms with E-state index in [1.54, 1.807) is 48.5 Å². The number of amides is 2. The largest absolute Gasteiger partial charge is 0.349 e. The van der Waals surface area contributed by atoms with Crippen LogP contribution in [0.2, 0.25) is 0 Å². The van der Waals surface area contributed by atoms with Gasteiger partial charge in [-0.1, -0.05) is 24.3 Å². The highest BCUT2D eigenvalue weighted by Gasteiger charge is 2.25. The maximum absolute atomic E-state index is 12.4. The summed E-state index contributed by atoms with van der Waals surface area (Å²) in [4.78, 5) is 25.0. The van der Waals surface area contributed by atoms with Gasteiger partial charge in [0.15, 0.2) is 16.4 Å². The van der Waals surface area contributed by atoms with E-state index in [0.29, 0.717) is 11.3 Å². The molecule has 29 heavy (non-hydrogen) atoms. The molecule has 0 saturated heterocycles. The molecule has 0 spiro atoms. The molecule has 3 rings (SSSR count). The number of carbonyl (C=O) groups excluding carboxylic acids is 2. The number of benzene rings is 2. The van der Waals surface area contributed by atoms with E-state index in [9.17, 15) is 18.0 Å². The Morgan fingerprint density at radius 2 is 1.76 bits per heavy atom. The van der Waals surface area contributed by atoms with E-state index in [1.165, 1.54) is 6.26 Å². The van der Waals surface area contributed by atoms with Crippen LogP contribution in [-0.4, -0.2) is 39.1 Å². The van der Waals surface area contributed by atoms with Crippen molar-refractivity contribution in [1.82, 2.24) is 5.32 Å². The average molecular weight is 417 g/mol. The van der Waals surface area contributed by atoms with Crippen LogP contribution in [0.5, 0.6) is 0 Å². The van der Waals surface area contributed by atoms with Gasteiger partial charge >= 0.3 is 0 Å². The zero-order chi connectivity index (χ0) is 21.0. The third-order valence-corrected chi connectivity index (χ3v) is 5.98. The fourth-order valence-corrected chi connectivity index (χ4v) is 3.55. The Labute approximate surface area is 170 Å². The standard InChI is InChI=1S/C21H25N3O4S/c1-14(15-7-11-17(12-8-15)29(2,27)28)22-13-20(25)24-19-6-4-3-5-18(19)21(26)23-16-9-10-16/h3-8,11-12,14,16,22H,9-10,13H2,1-2H3,(H,23,26)(H,24,25)/p+1/t14-/m0/s1. The van der Waals surface area contributed by atoms with Gasteiger partial charge in [0.25, 0.3) is 11.8 Å². The Morgan fingerprint density at radius 3 is 2.38 bits per heavy atom. The summed E-state index contributed by atoms with van der Waals surface area (Å²) in [5.74, 6) is -0.386. The Bertz CT molecular complexity index is 999. The van der Waals surface area contributed by atoms with E-state index in [2.05, 4.69) is 10.6 Å². The minimum Gasteiger partial charge on any atom is -0.349 e. The van der Waals surface area contributed by atoms with E-state index in [1.807, 2.05) is 12.2 Å². The number of quaternary nitrogens is 1. The van der Waals surface area contributed by atoms with Gasteiger partial charge < -0.3 is 16.0 Å². The van der Waals surface area contributed by atoms with Crippen molar-refractivity contribution in [1.29, 1.82) is 0 Å². The van der Waals surface area contributed by atoms with Crippen molar-refractivity contribution < 1.29 is 23.3 Å². The van der Waals surface area contributed by atoms with Gasteiger partial charge in [0.2, 0.25) is 0 Å². The summed E-state index contributed by atoms with van der Waals surface area (Å²) in [7, 11) is -3.23. The summed E-state index contributed by atoms with van der Waals surface area (Å²) < 4.78 is 23.1. The minimum atomic E-state index is -3.23. The molecular formula is C21H26N3O4S+. The predicted octanol–water partition coefficient (Wildman–Crippen LogP) is 1.25. The number of para-hydroxylation sites is 1. The number of nitrogens with two attached hydrogens (primary N) is 1. The highest BCUT2D eigenvalue weighted by molar-refractivity contribution is 7.90. The Balaban J connectivity index is 1.56. The van der Waals surface area contributed by atoms with Crippen LogP contribution in [-0.2, 0) is 14.6 Å². The second-order valence-electron chi connectivity index (χ2n) is 7.41. The number of rotatable bonds is 8. The number of hydrogen-bond acceptors (Lipinski definition) is 4. The average Bonchev–Trinajstić information content (AvgIpc) is 3.50. The third kappa shape index (κ3) is 5.88. The van der Waals surface area contributed by atoms with Crippen LogP contribution in [0, 0.1) is 0 Å². The monoisotopic (exact) mass is 416 g/mol. The van der Waals surface area contributed by atoms with Crippen molar-refractivity contribution in [3.63, 3.8) is 0 Å². The SMILES string of the molecule is C[C@H]([NH2+]CC(=O)Nc1ccccc1C(=O)NC1CC1)c1ccc(S(C)(=O)=O)cc1. The van der Waals surface area contributed by atoms with Crippen LogP contribution in [0.3, 0.4) is 0 Å². The number of nitrogens with one attached hydrogen (secondary N) is 2. The van der Waals surface area contributed by atoms with Gasteiger partial charge in [-0.05, 0) is 44.0 Å². The van der Waals surface area contributed by atoms with Crippen LogP contribution in [0.4, 0.5) is 5.69 Å². The molecule has 1 aliphatic rings. The van der Waals surface area contributed by atoms with E-state index in [0.717, 1.165) is 18.4 Å². The van der Waals surface area contributed by atoms with E-state index < -0.39 is 9.84 Å². The van der Waals surface area contributed by atoms with Gasteiger partial charge in [-0.2, -0.15) is 0 Å². The molecule has 1 saturated carbocycles. The first kappa shape index (κ1) is 21.0. The highest BCUT2D eigenvalue weighted by atomic mass is 32.2. The van der Waals surface area contributed by atoms with Crippen LogP contribution >= 0.6 is 0 Å². The highest BCUT2D eigenvalue weighted by Crippen LogP contribution is 2.21. The summed E-state index contributed by atoms with van der Waals surface area (Å²) in [5.41, 5.74) is 1.88. The van der Waals surface area contributed by atoms with Crippen molar-refractivity contribution in [2.24, 2.45) is 0 Å². The molecule has 7 nitrogen and oxygen atoms in total. The first-order chi connectivity index (χ1) is 13.7. The Kier molecular flexibility index (Phi) is 6.34. The zero-order valence-corrected chi connectivity index (χ0v) is 17.3. The first-order valence-electron chi connectivity index (χ1n) is 9.57. The maximum atomic E-state index is 12.4. The topological polar surface area (TPSA) is 109 Å². The molecule has 154 valence electrons. The van der Waals surface area contributed by atoms with Gasteiger partial charge in [-0.15, -0.1) is 0 Å². The maximum Gasteiger partial charge on any atom is 0.279 e. The Hall–Kier alpha value is -2.71. The van der Waals surface area contributed by atoms with E-state index >= 15 is 0 Å². The predicted molar refractivity (Wildman–Crippen MR) is 110 cm³/mol. The fourth-order valence-electron chi connectivity index (χ4n) is 2.92. The van der Waals surface area contributed by atoms with Gasteiger partial charge in [0.05, 0.1) is 16.1 Å². The third-order valence-electron chi connectivity index (χ3n) is 4.85. The van der Waals surface area contributed by atoms with Crippen LogP contribution in [0.15, 0.2) is 53.4 Å². The zero-order valence-electron chi connectivity index (χ0n) is 16.5. The lowest BCUT2D eigenvalue weighted by atomic mass is 10.1. The van der Waals surface area contributed by atoms with Crippen LogP contribution in [0.25, 0.3) is 0 Å². The Morgan fingerprint density at radius 1 is 1.10 bits per heavy atom. The molecule has 4 N–H and O–H groups in total. The fraction of sp³-hybridized carbons (Fsp3) is 0.333. The summed E-state index contributed by atoms with van der Waals surface area (Å²) in [6.07, 6.45) is 3.17. The molecule has 8 heteroatoms. The first-order valence-corrected chi connectivity index (χ1v) is 11.5. The molecule has 0 bridgehead atoms. The van der Waals surface area contributed by atoms with Crippen molar-refractivity contribution in [3.05, 3.63) is 59.7 Å². The number of sulfone groups is 1. The number of carbonyl (C=O) groups is 2. The normalized spacial score (nSPS) is 14.8. The van der Waals surface area contributed by atoms with Gasteiger partial charge in [-0.3, -0.25) is 9.59 Å². The second kappa shape index (κ2) is 8.75. The molecule has 1 aliphatic carbocycles. The van der Waals surface area contributed by atoms with E-state index in [-0.39, 0.29) is 35.3 Å². The van der Waals surface area contributed by atoms with Crippen molar-refractivity contribution in [2.75, 3.05) is 18.1 Å². The van der Waals surface area contributed by atoms with Crippen molar-refractivity contribution >= 4 is 27.3 Å². The number of anilines is 1. The van der Waals surface area contributed by atoms with Gasteiger partial charge in [-0.25, -0.2) is 8.42 Å². The smallest absolute Gasteiger partial charge is 0.279 e. The lowest BCUT2D eigenvalue weighted by molar-refractivity contribution is -0.682. The number of hydrogen-bond donors (Lipinski definition) is 3. The van der Waals surface area contributed by atoms with Crippen molar-refractivity contribution in [2.45, 2.75) is 36.7 Å². The van der Waals surface area contributed by atoms with Crippen LogP contribution < -0.4 is 16.0 Å². The molecule has 1 atom stereocenters. The molecule has 2 amide bonds. The molecule has 1 fully saturated rings. The lowest BCUT2D eigenvalue weighted by Crippen LogP contribution is -2.86. The minimum absolute atomic E-state index is 0.0252. The van der Waals surface area contributed by atoms with Crippen molar-refractivity contribution in [3.8, 4) is 0 Å². The summed E-state index contributed by atoms with van der Waals surface area (Å²) in [5, 5.41) is 7.60. The molecule has 2 aromatic rings. The van der Waals surface area contributed by atoms with E-state index in [4.69, 9.17) is 0 Å². The van der Waals surface area contributed by atoms with Crippen LogP contribution in [0.1, 0.15) is 41.7 Å². The quantitative estimate of drug-likeness (QED) is 0.602. The van der Waals surface area contributed by atoms with Gasteiger partial charge in [0.1, 0.15) is 6.04 Å². The molecule has 0 aliphatic heterocycles. The molecule has 0 heterocycles. The summed E-state index contributed by atoms with van der Waals surface area (Å²) in [6, 6.07) is 13.8. The van der Waals surface area contributed by atoms with Gasteiger partial charge in [0, 0.05) is 17.9 Å². The molecule has 0 unspecified atom stereocenters. The molecular weight excluding hydrogens is 390 g/mol. The summed E-state index contributed by atoms with van der Waals surface area (Å²) in [6.45, 7) is 2.12. The molecule has 0 radical (unpaired) electrons. The lowest BCUT2D eigenvalue weighted by Gasteiger charge is -2.13. The molecule has 0 aromatic heterocycles. The summed E-state index contributed by atoms with van der Waals surface area (Å²) >= 11 is 0. The second-order valence-corrected chi connectivity index (χ2v) is 9.43. The molecule has 2 aromatic carbocycles.